The minimum atomic E-state index is -0.423. The summed E-state index contributed by atoms with van der Waals surface area (Å²) in [6.07, 6.45) is 1.65. The number of hydrogen-bond donors (Lipinski definition) is 1. The van der Waals surface area contributed by atoms with Gasteiger partial charge in [0.05, 0.1) is 6.54 Å². The van der Waals surface area contributed by atoms with E-state index in [2.05, 4.69) is 5.32 Å². The quantitative estimate of drug-likeness (QED) is 0.743. The summed E-state index contributed by atoms with van der Waals surface area (Å²) >= 11 is 6.17. The maximum absolute atomic E-state index is 12.7. The summed E-state index contributed by atoms with van der Waals surface area (Å²) in [6, 6.07) is 16.3. The minimum Gasteiger partial charge on any atom is -0.322 e. The Morgan fingerprint density at radius 3 is 2.42 bits per heavy atom. The Hall–Kier alpha value is -2.85. The molecule has 0 unspecified atom stereocenters. The van der Waals surface area contributed by atoms with Crippen LogP contribution in [0.3, 0.4) is 0 Å². The zero-order valence-corrected chi connectivity index (χ0v) is 15.4. The third-order valence-corrected chi connectivity index (χ3v) is 4.41. The zero-order chi connectivity index (χ0) is 18.7. The SMILES string of the molecule is Cc1cc(C)cc(NC(=O)c2cccn(Cc3ccccc3Cl)c2=O)c1. The van der Waals surface area contributed by atoms with E-state index in [0.717, 1.165) is 16.7 Å². The van der Waals surface area contributed by atoms with Gasteiger partial charge in [0.15, 0.2) is 0 Å². The number of rotatable bonds is 4. The molecule has 2 aromatic carbocycles. The number of aryl methyl sites for hydroxylation is 2. The maximum Gasteiger partial charge on any atom is 0.263 e. The van der Waals surface area contributed by atoms with E-state index in [1.807, 2.05) is 50.2 Å². The maximum atomic E-state index is 12.7. The predicted octanol–water partition coefficient (Wildman–Crippen LogP) is 4.42. The molecule has 0 aliphatic rings. The summed E-state index contributed by atoms with van der Waals surface area (Å²) in [5.41, 5.74) is 3.33. The Balaban J connectivity index is 1.88. The highest BCUT2D eigenvalue weighted by Gasteiger charge is 2.13. The molecule has 1 aromatic heterocycles. The van der Waals surface area contributed by atoms with Gasteiger partial charge in [-0.1, -0.05) is 35.9 Å². The first kappa shape index (κ1) is 18.0. The molecule has 1 N–H and O–H groups in total. The topological polar surface area (TPSA) is 51.1 Å². The number of benzene rings is 2. The lowest BCUT2D eigenvalue weighted by atomic mass is 10.1. The molecule has 26 heavy (non-hydrogen) atoms. The van der Waals surface area contributed by atoms with Crippen molar-refractivity contribution in [1.29, 1.82) is 0 Å². The molecular weight excluding hydrogens is 348 g/mol. The molecule has 0 saturated carbocycles. The molecule has 1 amide bonds. The molecule has 0 radical (unpaired) electrons. The van der Waals surface area contributed by atoms with E-state index in [1.54, 1.807) is 18.3 Å². The van der Waals surface area contributed by atoms with Gasteiger partial charge in [-0.3, -0.25) is 9.59 Å². The van der Waals surface area contributed by atoms with Gasteiger partial charge in [0, 0.05) is 16.9 Å². The monoisotopic (exact) mass is 366 g/mol. The second kappa shape index (κ2) is 7.58. The van der Waals surface area contributed by atoms with Gasteiger partial charge in [0.1, 0.15) is 5.56 Å². The van der Waals surface area contributed by atoms with Crippen molar-refractivity contribution < 1.29 is 4.79 Å². The molecule has 4 nitrogen and oxygen atoms in total. The molecular formula is C21H19ClN2O2. The van der Waals surface area contributed by atoms with Gasteiger partial charge in [-0.15, -0.1) is 0 Å². The Labute approximate surface area is 157 Å². The van der Waals surface area contributed by atoms with E-state index >= 15 is 0 Å². The molecule has 132 valence electrons. The van der Waals surface area contributed by atoms with Crippen LogP contribution in [-0.2, 0) is 6.54 Å². The van der Waals surface area contributed by atoms with Gasteiger partial charge in [-0.25, -0.2) is 0 Å². The number of carbonyl (C=O) groups is 1. The molecule has 5 heteroatoms. The van der Waals surface area contributed by atoms with Crippen molar-refractivity contribution in [2.24, 2.45) is 0 Å². The summed E-state index contributed by atoms with van der Waals surface area (Å²) < 4.78 is 1.48. The van der Waals surface area contributed by atoms with Crippen molar-refractivity contribution in [2.45, 2.75) is 20.4 Å². The Morgan fingerprint density at radius 2 is 1.73 bits per heavy atom. The summed E-state index contributed by atoms with van der Waals surface area (Å²) in [7, 11) is 0. The van der Waals surface area contributed by atoms with Gasteiger partial charge in [-0.05, 0) is 60.9 Å². The average Bonchev–Trinajstić information content (AvgIpc) is 2.57. The smallest absolute Gasteiger partial charge is 0.263 e. The lowest BCUT2D eigenvalue weighted by molar-refractivity contribution is 0.102. The van der Waals surface area contributed by atoms with Crippen LogP contribution in [0.5, 0.6) is 0 Å². The Bertz CT molecular complexity index is 1000. The van der Waals surface area contributed by atoms with E-state index in [-0.39, 0.29) is 11.1 Å². The summed E-state index contributed by atoms with van der Waals surface area (Å²) in [5, 5.41) is 3.39. The van der Waals surface area contributed by atoms with E-state index < -0.39 is 5.91 Å². The van der Waals surface area contributed by atoms with E-state index in [9.17, 15) is 9.59 Å². The van der Waals surface area contributed by atoms with Crippen molar-refractivity contribution >= 4 is 23.2 Å². The fraction of sp³-hybridized carbons (Fsp3) is 0.143. The molecule has 0 aliphatic heterocycles. The van der Waals surface area contributed by atoms with Crippen molar-refractivity contribution in [3.05, 3.63) is 98.4 Å². The van der Waals surface area contributed by atoms with Gasteiger partial charge >= 0.3 is 0 Å². The summed E-state index contributed by atoms with van der Waals surface area (Å²) in [5.74, 6) is -0.423. The van der Waals surface area contributed by atoms with Gasteiger partial charge in [0.25, 0.3) is 11.5 Å². The third kappa shape index (κ3) is 4.03. The second-order valence-corrected chi connectivity index (χ2v) is 6.68. The number of nitrogens with zero attached hydrogens (tertiary/aromatic N) is 1. The van der Waals surface area contributed by atoms with Gasteiger partial charge < -0.3 is 9.88 Å². The van der Waals surface area contributed by atoms with Crippen molar-refractivity contribution in [1.82, 2.24) is 4.57 Å². The number of anilines is 1. The molecule has 0 fully saturated rings. The molecule has 0 atom stereocenters. The number of nitrogens with one attached hydrogen (secondary N) is 1. The van der Waals surface area contributed by atoms with Crippen LogP contribution < -0.4 is 10.9 Å². The average molecular weight is 367 g/mol. The molecule has 3 aromatic rings. The predicted molar refractivity (Wildman–Crippen MR) is 105 cm³/mol. The Morgan fingerprint density at radius 1 is 1.04 bits per heavy atom. The number of aromatic nitrogens is 1. The van der Waals surface area contributed by atoms with Crippen LogP contribution in [-0.4, -0.2) is 10.5 Å². The van der Waals surface area contributed by atoms with Crippen LogP contribution in [0.25, 0.3) is 0 Å². The van der Waals surface area contributed by atoms with Crippen LogP contribution in [0, 0.1) is 13.8 Å². The molecule has 3 rings (SSSR count). The fourth-order valence-electron chi connectivity index (χ4n) is 2.89. The summed E-state index contributed by atoms with van der Waals surface area (Å²) in [6.45, 7) is 4.23. The first-order chi connectivity index (χ1) is 12.4. The fourth-order valence-corrected chi connectivity index (χ4v) is 3.09. The summed E-state index contributed by atoms with van der Waals surface area (Å²) in [4.78, 5) is 25.3. The zero-order valence-electron chi connectivity index (χ0n) is 14.6. The minimum absolute atomic E-state index is 0.0960. The van der Waals surface area contributed by atoms with Crippen molar-refractivity contribution in [3.63, 3.8) is 0 Å². The third-order valence-electron chi connectivity index (χ3n) is 4.04. The van der Waals surface area contributed by atoms with Crippen molar-refractivity contribution in [2.75, 3.05) is 5.32 Å². The lowest BCUT2D eigenvalue weighted by Crippen LogP contribution is -2.29. The normalized spacial score (nSPS) is 10.6. The van der Waals surface area contributed by atoms with Crippen molar-refractivity contribution in [3.8, 4) is 0 Å². The van der Waals surface area contributed by atoms with E-state index in [0.29, 0.717) is 17.3 Å². The molecule has 0 bridgehead atoms. The first-order valence-electron chi connectivity index (χ1n) is 8.26. The highest BCUT2D eigenvalue weighted by molar-refractivity contribution is 6.31. The Kier molecular flexibility index (Phi) is 5.24. The first-order valence-corrected chi connectivity index (χ1v) is 8.64. The highest BCUT2D eigenvalue weighted by Crippen LogP contribution is 2.16. The lowest BCUT2D eigenvalue weighted by Gasteiger charge is -2.10. The van der Waals surface area contributed by atoms with Gasteiger partial charge in [0.2, 0.25) is 0 Å². The van der Waals surface area contributed by atoms with Crippen LogP contribution in [0.15, 0.2) is 65.6 Å². The number of amides is 1. The van der Waals surface area contributed by atoms with Crippen LogP contribution in [0.1, 0.15) is 27.0 Å². The largest absolute Gasteiger partial charge is 0.322 e. The standard InChI is InChI=1S/C21H19ClN2O2/c1-14-10-15(2)12-17(11-14)23-20(25)18-7-5-9-24(21(18)26)13-16-6-3-4-8-19(16)22/h3-12H,13H2,1-2H3,(H,23,25). The number of pyridine rings is 1. The molecule has 0 spiro atoms. The number of carbonyl (C=O) groups excluding carboxylic acids is 1. The van der Waals surface area contributed by atoms with Crippen LogP contribution in [0.4, 0.5) is 5.69 Å². The number of hydrogen-bond acceptors (Lipinski definition) is 2. The molecule has 0 aliphatic carbocycles. The molecule has 1 heterocycles. The van der Waals surface area contributed by atoms with Gasteiger partial charge in [-0.2, -0.15) is 0 Å². The van der Waals surface area contributed by atoms with Crippen LogP contribution in [0.2, 0.25) is 5.02 Å². The second-order valence-electron chi connectivity index (χ2n) is 6.28. The van der Waals surface area contributed by atoms with E-state index in [4.69, 9.17) is 11.6 Å². The highest BCUT2D eigenvalue weighted by atomic mass is 35.5. The van der Waals surface area contributed by atoms with Crippen LogP contribution >= 0.6 is 11.6 Å². The molecule has 0 saturated heterocycles. The number of halogens is 1. The van der Waals surface area contributed by atoms with E-state index in [1.165, 1.54) is 10.6 Å².